The van der Waals surface area contributed by atoms with E-state index in [-0.39, 0.29) is 5.41 Å². The Morgan fingerprint density at radius 2 is 2.13 bits per heavy atom. The van der Waals surface area contributed by atoms with Crippen LogP contribution in [0, 0.1) is 5.41 Å². The number of halogens is 1. The van der Waals surface area contributed by atoms with Crippen molar-refractivity contribution < 1.29 is 0 Å². The summed E-state index contributed by atoms with van der Waals surface area (Å²) in [5.41, 5.74) is 1.37. The monoisotopic (exact) mass is 241 g/mol. The first-order valence-corrected chi connectivity index (χ1v) is 6.52. The van der Waals surface area contributed by atoms with E-state index in [4.69, 9.17) is 11.6 Å². The van der Waals surface area contributed by atoms with E-state index >= 15 is 0 Å². The maximum atomic E-state index is 6.18. The molecule has 0 amide bonds. The number of thioether (sulfide) groups is 1. The summed E-state index contributed by atoms with van der Waals surface area (Å²) in [6, 6.07) is 6.55. The Morgan fingerprint density at radius 1 is 1.40 bits per heavy atom. The summed E-state index contributed by atoms with van der Waals surface area (Å²) in [4.78, 5) is 1.27. The number of anilines is 1. The summed E-state index contributed by atoms with van der Waals surface area (Å²) in [6.45, 7) is 6.77. The molecule has 0 bridgehead atoms. The van der Waals surface area contributed by atoms with Crippen LogP contribution in [0.5, 0.6) is 0 Å². The topological polar surface area (TPSA) is 12.0 Å². The number of rotatable bonds is 0. The van der Waals surface area contributed by atoms with Crippen LogP contribution in [0.25, 0.3) is 0 Å². The van der Waals surface area contributed by atoms with Crippen molar-refractivity contribution in [2.75, 3.05) is 11.1 Å². The molecule has 1 unspecified atom stereocenters. The van der Waals surface area contributed by atoms with Gasteiger partial charge in [0.15, 0.2) is 0 Å². The molecule has 1 N–H and O–H groups in total. The van der Waals surface area contributed by atoms with Gasteiger partial charge in [-0.05, 0) is 17.5 Å². The molecule has 3 heteroatoms. The lowest BCUT2D eigenvalue weighted by Crippen LogP contribution is -2.38. The Hall–Kier alpha value is -0.340. The van der Waals surface area contributed by atoms with Crippen LogP contribution < -0.4 is 5.32 Å². The molecule has 82 valence electrons. The van der Waals surface area contributed by atoms with Crippen molar-refractivity contribution >= 4 is 29.1 Å². The summed E-state index contributed by atoms with van der Waals surface area (Å²) in [5.74, 6) is 1.11. The van der Waals surface area contributed by atoms with Crippen molar-refractivity contribution in [2.45, 2.75) is 31.7 Å². The highest BCUT2D eigenvalue weighted by molar-refractivity contribution is 7.99. The number of para-hydroxylation sites is 1. The van der Waals surface area contributed by atoms with E-state index < -0.39 is 0 Å². The van der Waals surface area contributed by atoms with Gasteiger partial charge in [-0.25, -0.2) is 0 Å². The van der Waals surface area contributed by atoms with Gasteiger partial charge in [-0.15, -0.1) is 11.8 Å². The first kappa shape index (κ1) is 11.2. The van der Waals surface area contributed by atoms with Crippen LogP contribution >= 0.6 is 23.4 Å². The van der Waals surface area contributed by atoms with Gasteiger partial charge in [0.05, 0.1) is 10.7 Å². The predicted molar refractivity (Wildman–Crippen MR) is 69.0 cm³/mol. The molecule has 0 saturated heterocycles. The smallest absolute Gasteiger partial charge is 0.0670 e. The SMILES string of the molecule is CC(C)(C)C1CSc2cccc(Cl)c2N1. The number of hydrogen-bond donors (Lipinski definition) is 1. The standard InChI is InChI=1S/C12H16ClNS/c1-12(2,3)10-7-15-9-6-4-5-8(13)11(9)14-10/h4-6,10,14H,7H2,1-3H3. The largest absolute Gasteiger partial charge is 0.379 e. The van der Waals surface area contributed by atoms with Gasteiger partial charge in [-0.3, -0.25) is 0 Å². The number of nitrogens with one attached hydrogen (secondary N) is 1. The fourth-order valence-electron chi connectivity index (χ4n) is 1.62. The minimum atomic E-state index is 0.268. The first-order valence-electron chi connectivity index (χ1n) is 5.16. The van der Waals surface area contributed by atoms with E-state index in [0.29, 0.717) is 6.04 Å². The zero-order valence-corrected chi connectivity index (χ0v) is 10.9. The van der Waals surface area contributed by atoms with Gasteiger partial charge in [-0.1, -0.05) is 38.4 Å². The second-order valence-corrected chi connectivity index (χ2v) is 6.46. The van der Waals surface area contributed by atoms with Crippen molar-refractivity contribution in [3.05, 3.63) is 23.2 Å². The van der Waals surface area contributed by atoms with E-state index in [1.807, 2.05) is 23.9 Å². The van der Waals surface area contributed by atoms with Crippen molar-refractivity contribution in [1.29, 1.82) is 0 Å². The van der Waals surface area contributed by atoms with Gasteiger partial charge in [0.25, 0.3) is 0 Å². The zero-order chi connectivity index (χ0) is 11.1. The van der Waals surface area contributed by atoms with Crippen LogP contribution in [-0.2, 0) is 0 Å². The average molecular weight is 242 g/mol. The molecule has 0 aliphatic carbocycles. The minimum Gasteiger partial charge on any atom is -0.379 e. The molecule has 0 spiro atoms. The van der Waals surface area contributed by atoms with Crippen molar-refractivity contribution in [2.24, 2.45) is 5.41 Å². The number of hydrogen-bond acceptors (Lipinski definition) is 2. The third kappa shape index (κ3) is 2.26. The van der Waals surface area contributed by atoms with Crippen molar-refractivity contribution in [3.63, 3.8) is 0 Å². The summed E-state index contributed by atoms with van der Waals surface area (Å²) in [5, 5.41) is 4.38. The van der Waals surface area contributed by atoms with E-state index in [9.17, 15) is 0 Å². The lowest BCUT2D eigenvalue weighted by Gasteiger charge is -2.36. The van der Waals surface area contributed by atoms with Crippen LogP contribution in [0.1, 0.15) is 20.8 Å². The molecule has 1 nitrogen and oxygen atoms in total. The molecule has 2 rings (SSSR count). The molecule has 0 aromatic heterocycles. The molecule has 1 aromatic rings. The highest BCUT2D eigenvalue weighted by atomic mass is 35.5. The fraction of sp³-hybridized carbons (Fsp3) is 0.500. The van der Waals surface area contributed by atoms with E-state index in [0.717, 1.165) is 16.5 Å². The molecular formula is C12H16ClNS. The highest BCUT2D eigenvalue weighted by Crippen LogP contribution is 2.41. The third-order valence-electron chi connectivity index (χ3n) is 2.74. The van der Waals surface area contributed by atoms with Gasteiger partial charge in [-0.2, -0.15) is 0 Å². The molecule has 1 aromatic carbocycles. The summed E-state index contributed by atoms with van der Waals surface area (Å²) >= 11 is 8.07. The number of benzene rings is 1. The van der Waals surface area contributed by atoms with E-state index in [1.54, 1.807) is 0 Å². The number of fused-ring (bicyclic) bond motifs is 1. The summed E-state index contributed by atoms with van der Waals surface area (Å²) in [6.07, 6.45) is 0. The van der Waals surface area contributed by atoms with Crippen LogP contribution in [0.15, 0.2) is 23.1 Å². The average Bonchev–Trinajstić information content (AvgIpc) is 2.16. The lowest BCUT2D eigenvalue weighted by atomic mass is 9.87. The highest BCUT2D eigenvalue weighted by Gasteiger charge is 2.29. The summed E-state index contributed by atoms with van der Waals surface area (Å²) in [7, 11) is 0. The Labute approximate surface area is 101 Å². The maximum absolute atomic E-state index is 6.18. The van der Waals surface area contributed by atoms with Gasteiger partial charge < -0.3 is 5.32 Å². The minimum absolute atomic E-state index is 0.268. The molecule has 1 heterocycles. The fourth-order valence-corrected chi connectivity index (χ4v) is 3.32. The second kappa shape index (κ2) is 3.91. The Bertz CT molecular complexity index is 370. The molecule has 0 radical (unpaired) electrons. The first-order chi connectivity index (χ1) is 6.98. The normalized spacial score (nSPS) is 20.7. The second-order valence-electron chi connectivity index (χ2n) is 4.99. The Kier molecular flexibility index (Phi) is 2.91. The lowest BCUT2D eigenvalue weighted by molar-refractivity contribution is 0.362. The Morgan fingerprint density at radius 3 is 2.80 bits per heavy atom. The molecule has 0 fully saturated rings. The van der Waals surface area contributed by atoms with Crippen molar-refractivity contribution in [3.8, 4) is 0 Å². The van der Waals surface area contributed by atoms with E-state index in [2.05, 4.69) is 32.2 Å². The van der Waals surface area contributed by atoms with Crippen LogP contribution in [0.2, 0.25) is 5.02 Å². The molecular weight excluding hydrogens is 226 g/mol. The third-order valence-corrected chi connectivity index (χ3v) is 4.21. The van der Waals surface area contributed by atoms with Gasteiger partial charge in [0, 0.05) is 16.7 Å². The van der Waals surface area contributed by atoms with Crippen LogP contribution in [0.4, 0.5) is 5.69 Å². The van der Waals surface area contributed by atoms with Crippen molar-refractivity contribution in [1.82, 2.24) is 0 Å². The Balaban J connectivity index is 2.30. The molecule has 1 aliphatic rings. The van der Waals surface area contributed by atoms with Crippen LogP contribution in [0.3, 0.4) is 0 Å². The maximum Gasteiger partial charge on any atom is 0.0670 e. The molecule has 1 atom stereocenters. The quantitative estimate of drug-likeness (QED) is 0.728. The molecule has 0 saturated carbocycles. The summed E-state index contributed by atoms with van der Waals surface area (Å²) < 4.78 is 0. The van der Waals surface area contributed by atoms with E-state index in [1.165, 1.54) is 4.90 Å². The predicted octanol–water partition coefficient (Wildman–Crippen LogP) is 4.27. The van der Waals surface area contributed by atoms with Gasteiger partial charge in [0.1, 0.15) is 0 Å². The zero-order valence-electron chi connectivity index (χ0n) is 9.30. The van der Waals surface area contributed by atoms with Crippen LogP contribution in [-0.4, -0.2) is 11.8 Å². The molecule has 1 aliphatic heterocycles. The molecule has 15 heavy (non-hydrogen) atoms. The van der Waals surface area contributed by atoms with Gasteiger partial charge in [0.2, 0.25) is 0 Å². The van der Waals surface area contributed by atoms with Gasteiger partial charge >= 0.3 is 0 Å².